The lowest BCUT2D eigenvalue weighted by atomic mass is 10.1. The minimum atomic E-state index is -0.297. The zero-order valence-electron chi connectivity index (χ0n) is 9.51. The van der Waals surface area contributed by atoms with Crippen LogP contribution in [0.4, 0.5) is 0 Å². The molecule has 5 nitrogen and oxygen atoms in total. The third kappa shape index (κ3) is 2.54. The highest BCUT2D eigenvalue weighted by Gasteiger charge is 2.31. The highest BCUT2D eigenvalue weighted by atomic mass is 32.2. The maximum absolute atomic E-state index is 11.6. The second kappa shape index (κ2) is 4.31. The van der Waals surface area contributed by atoms with Gasteiger partial charge in [0.05, 0.1) is 11.4 Å². The Morgan fingerprint density at radius 2 is 2.35 bits per heavy atom. The van der Waals surface area contributed by atoms with Gasteiger partial charge in [-0.3, -0.25) is 4.79 Å². The first-order valence-corrected chi connectivity index (χ1v) is 5.89. The van der Waals surface area contributed by atoms with E-state index < -0.39 is 0 Å². The minimum absolute atomic E-state index is 0.149. The summed E-state index contributed by atoms with van der Waals surface area (Å²) in [6, 6.07) is 5.25. The van der Waals surface area contributed by atoms with Crippen LogP contribution in [-0.4, -0.2) is 17.3 Å². The van der Waals surface area contributed by atoms with Crippen molar-refractivity contribution in [2.45, 2.75) is 23.7 Å². The summed E-state index contributed by atoms with van der Waals surface area (Å²) in [7, 11) is 0. The van der Waals surface area contributed by atoms with Crippen molar-refractivity contribution in [3.63, 3.8) is 0 Å². The van der Waals surface area contributed by atoms with E-state index in [0.717, 1.165) is 10.6 Å². The van der Waals surface area contributed by atoms with E-state index >= 15 is 0 Å². The smallest absolute Gasteiger partial charge is 0.168 e. The molecule has 6 heteroatoms. The molecular weight excluding hydrogens is 238 g/mol. The summed E-state index contributed by atoms with van der Waals surface area (Å²) < 4.78 is 5.68. The average molecular weight is 249 g/mol. The molecule has 1 aromatic carbocycles. The molecule has 0 fully saturated rings. The van der Waals surface area contributed by atoms with Gasteiger partial charge in [0, 0.05) is 10.5 Å². The number of hydrogen-bond donors (Lipinski definition) is 0. The first-order valence-electron chi connectivity index (χ1n) is 5.08. The van der Waals surface area contributed by atoms with Gasteiger partial charge in [0.2, 0.25) is 0 Å². The summed E-state index contributed by atoms with van der Waals surface area (Å²) in [6.45, 7) is 3.79. The maximum Gasteiger partial charge on any atom is 0.168 e. The maximum atomic E-state index is 11.6. The number of carbonyl (C=O) groups excluding carboxylic acids is 1. The molecule has 1 aliphatic rings. The molecular formula is C11H11N3O2S. The normalized spacial score (nSPS) is 15.6. The van der Waals surface area contributed by atoms with Crippen LogP contribution in [0.5, 0.6) is 5.75 Å². The molecule has 0 amide bonds. The summed E-state index contributed by atoms with van der Waals surface area (Å²) >= 11 is 1.57. The second-order valence-corrected chi connectivity index (χ2v) is 5.70. The van der Waals surface area contributed by atoms with Gasteiger partial charge >= 0.3 is 0 Å². The van der Waals surface area contributed by atoms with Crippen molar-refractivity contribution in [3.8, 4) is 5.75 Å². The quantitative estimate of drug-likeness (QED) is 0.356. The number of azide groups is 1. The number of benzene rings is 1. The van der Waals surface area contributed by atoms with E-state index in [2.05, 4.69) is 10.0 Å². The number of Topliss-reactive ketones (excluding diaryl/α,β-unsaturated/α-hetero) is 1. The van der Waals surface area contributed by atoms with Gasteiger partial charge < -0.3 is 4.74 Å². The largest absolute Gasteiger partial charge is 0.476 e. The lowest BCUT2D eigenvalue weighted by Gasteiger charge is -2.15. The van der Waals surface area contributed by atoms with Gasteiger partial charge in [0.25, 0.3) is 0 Å². The number of ether oxygens (including phenoxy) is 1. The summed E-state index contributed by atoms with van der Waals surface area (Å²) in [5.74, 6) is 0.608. The molecule has 0 unspecified atom stereocenters. The lowest BCUT2D eigenvalue weighted by Crippen LogP contribution is -2.17. The van der Waals surface area contributed by atoms with E-state index in [9.17, 15) is 4.79 Å². The number of fused-ring (bicyclic) bond motifs is 1. The van der Waals surface area contributed by atoms with E-state index in [4.69, 9.17) is 10.3 Å². The molecule has 0 saturated carbocycles. The van der Waals surface area contributed by atoms with Gasteiger partial charge in [0.15, 0.2) is 10.7 Å². The zero-order chi connectivity index (χ0) is 12.5. The Kier molecular flexibility index (Phi) is 3.00. The van der Waals surface area contributed by atoms with Crippen molar-refractivity contribution >= 4 is 17.5 Å². The first kappa shape index (κ1) is 11.8. The van der Waals surface area contributed by atoms with E-state index in [0.29, 0.717) is 5.56 Å². The highest BCUT2D eigenvalue weighted by Crippen LogP contribution is 2.47. The van der Waals surface area contributed by atoms with Gasteiger partial charge in [-0.15, -0.1) is 0 Å². The van der Waals surface area contributed by atoms with Crippen molar-refractivity contribution in [1.82, 2.24) is 0 Å². The Hall–Kier alpha value is -1.65. The topological polar surface area (TPSA) is 75.1 Å². The lowest BCUT2D eigenvalue weighted by molar-refractivity contribution is 0.100. The molecule has 0 radical (unpaired) electrons. The van der Waals surface area contributed by atoms with Gasteiger partial charge in [-0.05, 0) is 37.6 Å². The van der Waals surface area contributed by atoms with Crippen LogP contribution in [-0.2, 0) is 0 Å². The second-order valence-electron chi connectivity index (χ2n) is 4.08. The molecule has 0 atom stereocenters. The highest BCUT2D eigenvalue weighted by molar-refractivity contribution is 8.00. The van der Waals surface area contributed by atoms with E-state index in [1.807, 2.05) is 13.8 Å². The molecule has 1 heterocycles. The van der Waals surface area contributed by atoms with Crippen LogP contribution < -0.4 is 4.74 Å². The molecule has 0 aromatic heterocycles. The third-order valence-electron chi connectivity index (χ3n) is 2.25. The van der Waals surface area contributed by atoms with E-state index in [1.54, 1.807) is 30.0 Å². The Bertz CT molecular complexity index is 521. The monoisotopic (exact) mass is 249 g/mol. The van der Waals surface area contributed by atoms with Gasteiger partial charge in [-0.1, -0.05) is 16.9 Å². The van der Waals surface area contributed by atoms with Crippen molar-refractivity contribution in [1.29, 1.82) is 0 Å². The van der Waals surface area contributed by atoms with Gasteiger partial charge in [-0.25, -0.2) is 0 Å². The molecule has 0 aliphatic carbocycles. The fraction of sp³-hybridized carbons (Fsp3) is 0.364. The first-order chi connectivity index (χ1) is 8.02. The number of nitrogens with zero attached hydrogens (tertiary/aromatic N) is 3. The number of thioether (sulfide) groups is 1. The van der Waals surface area contributed by atoms with Crippen LogP contribution in [0.25, 0.3) is 10.4 Å². The van der Waals surface area contributed by atoms with E-state index in [-0.39, 0.29) is 17.3 Å². The van der Waals surface area contributed by atoms with Crippen molar-refractivity contribution in [2.75, 3.05) is 6.54 Å². The molecule has 0 saturated heterocycles. The molecule has 1 aliphatic heterocycles. The summed E-state index contributed by atoms with van der Waals surface area (Å²) in [6.07, 6.45) is 0. The summed E-state index contributed by atoms with van der Waals surface area (Å²) in [5, 5.41) is 3.26. The fourth-order valence-electron chi connectivity index (χ4n) is 1.58. The van der Waals surface area contributed by atoms with Crippen molar-refractivity contribution in [2.24, 2.45) is 5.11 Å². The Balaban J connectivity index is 2.24. The van der Waals surface area contributed by atoms with E-state index in [1.165, 1.54) is 0 Å². The van der Waals surface area contributed by atoms with Gasteiger partial charge in [-0.2, -0.15) is 0 Å². The zero-order valence-corrected chi connectivity index (χ0v) is 10.3. The predicted octanol–water partition coefficient (Wildman–Crippen LogP) is 3.40. The number of rotatable bonds is 3. The Morgan fingerprint density at radius 1 is 1.59 bits per heavy atom. The molecule has 88 valence electrons. The Morgan fingerprint density at radius 3 is 3.06 bits per heavy atom. The standard InChI is InChI=1S/C11H11N3O2S/c1-11(2)16-9-4-3-7(5-10(9)17-11)8(15)6-13-14-12/h3-5H,6H2,1-2H3. The SMILES string of the molecule is CC1(C)Oc2ccc(C(=O)CN=[N+]=[N-])cc2S1. The third-order valence-corrected chi connectivity index (χ3v) is 3.37. The van der Waals surface area contributed by atoms with Crippen LogP contribution in [0, 0.1) is 0 Å². The fourth-order valence-corrected chi connectivity index (χ4v) is 2.64. The number of carbonyl (C=O) groups is 1. The molecule has 1 aromatic rings. The summed E-state index contributed by atoms with van der Waals surface area (Å²) in [5.41, 5.74) is 8.71. The van der Waals surface area contributed by atoms with Crippen LogP contribution in [0.3, 0.4) is 0 Å². The minimum Gasteiger partial charge on any atom is -0.476 e. The molecule has 0 spiro atoms. The Labute approximate surface area is 103 Å². The van der Waals surface area contributed by atoms with Gasteiger partial charge in [0.1, 0.15) is 5.75 Å². The van der Waals surface area contributed by atoms with Crippen molar-refractivity contribution in [3.05, 3.63) is 34.2 Å². The predicted molar refractivity (Wildman–Crippen MR) is 65.3 cm³/mol. The molecule has 0 N–H and O–H groups in total. The average Bonchev–Trinajstić information content (AvgIpc) is 2.58. The van der Waals surface area contributed by atoms with Crippen LogP contribution >= 0.6 is 11.8 Å². The van der Waals surface area contributed by atoms with Crippen LogP contribution in [0.1, 0.15) is 24.2 Å². The molecule has 17 heavy (non-hydrogen) atoms. The number of ketones is 1. The van der Waals surface area contributed by atoms with Crippen molar-refractivity contribution < 1.29 is 9.53 Å². The van der Waals surface area contributed by atoms with Crippen LogP contribution in [0.15, 0.2) is 28.2 Å². The summed E-state index contributed by atoms with van der Waals surface area (Å²) in [4.78, 5) is 14.9. The molecule has 0 bridgehead atoms. The number of hydrogen-bond acceptors (Lipinski definition) is 4. The molecule has 2 rings (SSSR count). The van der Waals surface area contributed by atoms with Crippen LogP contribution in [0.2, 0.25) is 0 Å².